The molecule has 2 fully saturated rings. The maximum Gasteiger partial charge on any atom is 0.266 e. The third-order valence-corrected chi connectivity index (χ3v) is 8.00. The third-order valence-electron chi connectivity index (χ3n) is 6.63. The number of anilines is 1. The van der Waals surface area contributed by atoms with Gasteiger partial charge in [0.1, 0.15) is 4.32 Å². The van der Waals surface area contributed by atoms with E-state index in [0.717, 1.165) is 42.8 Å². The minimum absolute atomic E-state index is 0.106. The van der Waals surface area contributed by atoms with Crippen molar-refractivity contribution >= 4 is 56.9 Å². The molecule has 1 N–H and O–H groups in total. The molecule has 2 saturated heterocycles. The first-order valence-electron chi connectivity index (χ1n) is 12.6. The van der Waals surface area contributed by atoms with Crippen molar-refractivity contribution in [2.75, 3.05) is 64.0 Å². The number of thioether (sulfide) groups is 1. The van der Waals surface area contributed by atoms with E-state index in [1.807, 2.05) is 38.1 Å². The molecule has 0 saturated carbocycles. The van der Waals surface area contributed by atoms with Crippen molar-refractivity contribution in [3.05, 3.63) is 45.1 Å². The number of β-amino-alcohol motifs (C(OH)–C–C–N with tert-alkyl or cyclic N) is 1. The molecule has 0 spiro atoms. The van der Waals surface area contributed by atoms with Crippen LogP contribution in [0.15, 0.2) is 34.0 Å². The van der Waals surface area contributed by atoms with Gasteiger partial charge in [-0.3, -0.25) is 19.4 Å². The topological polar surface area (TPSA) is 78.2 Å². The number of aromatic nitrogens is 1. The van der Waals surface area contributed by atoms with Crippen LogP contribution in [0.1, 0.15) is 25.8 Å². The lowest BCUT2D eigenvalue weighted by atomic mass is 10.0. The Kier molecular flexibility index (Phi) is 9.19. The highest BCUT2D eigenvalue weighted by atomic mass is 32.2. The standard InChI is InChI=1S/C26H34N4O4S2/c1-3-29-21-9-6-5-8-19(21)23(28-13-11-27(12-14-28)15-16-31)20(24(29)32)18-22-25(33)30(26(35)36-22)10-7-17-34-4-2/h5-6,8-9,18,31H,3-4,7,10-17H2,1-2H3. The number of carbonyl (C=O) groups is 1. The van der Waals surface area contributed by atoms with E-state index in [-0.39, 0.29) is 18.1 Å². The molecule has 4 rings (SSSR count). The third kappa shape index (κ3) is 5.52. The lowest BCUT2D eigenvalue weighted by Crippen LogP contribution is -2.48. The number of hydrogen-bond acceptors (Lipinski definition) is 8. The van der Waals surface area contributed by atoms with Gasteiger partial charge in [-0.2, -0.15) is 0 Å². The number of aryl methyl sites for hydroxylation is 1. The van der Waals surface area contributed by atoms with Gasteiger partial charge in [-0.05, 0) is 32.4 Å². The van der Waals surface area contributed by atoms with Gasteiger partial charge in [0.15, 0.2) is 0 Å². The van der Waals surface area contributed by atoms with Gasteiger partial charge in [0.25, 0.3) is 11.5 Å². The Labute approximate surface area is 221 Å². The SMILES string of the molecule is CCOCCCN1C(=O)C(=Cc2c(N3CCN(CCO)CC3)c3ccccc3n(CC)c2=O)SC1=S. The minimum atomic E-state index is -0.157. The van der Waals surface area contributed by atoms with E-state index in [1.54, 1.807) is 15.5 Å². The van der Waals surface area contributed by atoms with Crippen LogP contribution in [0.2, 0.25) is 0 Å². The van der Waals surface area contributed by atoms with Gasteiger partial charge in [-0.15, -0.1) is 0 Å². The van der Waals surface area contributed by atoms with Crippen LogP contribution >= 0.6 is 24.0 Å². The molecule has 1 aromatic heterocycles. The summed E-state index contributed by atoms with van der Waals surface area (Å²) in [6, 6.07) is 7.96. The Morgan fingerprint density at radius 1 is 1.11 bits per heavy atom. The van der Waals surface area contributed by atoms with Crippen molar-refractivity contribution in [1.29, 1.82) is 0 Å². The molecular formula is C26H34N4O4S2. The van der Waals surface area contributed by atoms with Crippen molar-refractivity contribution in [3.63, 3.8) is 0 Å². The second-order valence-corrected chi connectivity index (χ2v) is 10.4. The molecule has 0 unspecified atom stereocenters. The fourth-order valence-electron chi connectivity index (χ4n) is 4.82. The van der Waals surface area contributed by atoms with Crippen LogP contribution in [-0.2, 0) is 16.1 Å². The van der Waals surface area contributed by atoms with Crippen LogP contribution < -0.4 is 10.5 Å². The molecule has 0 radical (unpaired) electrons. The quantitative estimate of drug-likeness (QED) is 0.286. The molecule has 194 valence electrons. The largest absolute Gasteiger partial charge is 0.395 e. The number of ether oxygens (including phenoxy) is 1. The first-order valence-corrected chi connectivity index (χ1v) is 13.8. The maximum atomic E-state index is 13.8. The molecule has 10 heteroatoms. The van der Waals surface area contributed by atoms with Gasteiger partial charge in [-0.1, -0.05) is 42.2 Å². The molecule has 2 aliphatic rings. The minimum Gasteiger partial charge on any atom is -0.395 e. The lowest BCUT2D eigenvalue weighted by molar-refractivity contribution is -0.122. The Hall–Kier alpha value is -2.24. The molecule has 2 aromatic rings. The summed E-state index contributed by atoms with van der Waals surface area (Å²) < 4.78 is 7.69. The maximum absolute atomic E-state index is 13.8. The molecule has 0 aliphatic carbocycles. The van der Waals surface area contributed by atoms with Gasteiger partial charge in [0.05, 0.1) is 28.3 Å². The smallest absolute Gasteiger partial charge is 0.266 e. The first kappa shape index (κ1) is 26.8. The van der Waals surface area contributed by atoms with E-state index in [9.17, 15) is 14.7 Å². The predicted molar refractivity (Wildman–Crippen MR) is 151 cm³/mol. The van der Waals surface area contributed by atoms with E-state index in [1.165, 1.54) is 11.8 Å². The van der Waals surface area contributed by atoms with E-state index in [0.29, 0.717) is 54.1 Å². The lowest BCUT2D eigenvalue weighted by Gasteiger charge is -2.37. The molecule has 1 aromatic carbocycles. The number of piperazine rings is 1. The normalized spacial score (nSPS) is 18.2. The first-order chi connectivity index (χ1) is 17.5. The van der Waals surface area contributed by atoms with E-state index >= 15 is 0 Å². The number of hydrogen-bond donors (Lipinski definition) is 1. The summed E-state index contributed by atoms with van der Waals surface area (Å²) in [6.45, 7) is 9.99. The number of rotatable bonds is 10. The molecule has 36 heavy (non-hydrogen) atoms. The summed E-state index contributed by atoms with van der Waals surface area (Å²) in [7, 11) is 0. The average molecular weight is 531 g/mol. The fourth-order valence-corrected chi connectivity index (χ4v) is 6.11. The molecule has 8 nitrogen and oxygen atoms in total. The van der Waals surface area contributed by atoms with Crippen molar-refractivity contribution < 1.29 is 14.6 Å². The van der Waals surface area contributed by atoms with E-state index in [4.69, 9.17) is 17.0 Å². The van der Waals surface area contributed by atoms with Crippen LogP contribution in [-0.4, -0.2) is 88.8 Å². The van der Waals surface area contributed by atoms with Gasteiger partial charge >= 0.3 is 0 Å². The zero-order chi connectivity index (χ0) is 25.7. The number of thiocarbonyl (C=S) groups is 1. The predicted octanol–water partition coefficient (Wildman–Crippen LogP) is 2.76. The number of carbonyl (C=O) groups excluding carboxylic acids is 1. The van der Waals surface area contributed by atoms with Crippen LogP contribution in [0.3, 0.4) is 0 Å². The zero-order valence-electron chi connectivity index (χ0n) is 20.9. The Morgan fingerprint density at radius 3 is 2.56 bits per heavy atom. The molecular weight excluding hydrogens is 496 g/mol. The molecule has 0 bridgehead atoms. The van der Waals surface area contributed by atoms with Crippen molar-refractivity contribution in [3.8, 4) is 0 Å². The van der Waals surface area contributed by atoms with Crippen LogP contribution in [0.5, 0.6) is 0 Å². The van der Waals surface area contributed by atoms with Crippen molar-refractivity contribution in [1.82, 2.24) is 14.4 Å². The van der Waals surface area contributed by atoms with Gasteiger partial charge in [0.2, 0.25) is 0 Å². The summed E-state index contributed by atoms with van der Waals surface area (Å²) in [6.07, 6.45) is 2.45. The number of aliphatic hydroxyl groups excluding tert-OH is 1. The molecule has 2 aliphatic heterocycles. The highest BCUT2D eigenvalue weighted by Gasteiger charge is 2.33. The highest BCUT2D eigenvalue weighted by Crippen LogP contribution is 2.36. The summed E-state index contributed by atoms with van der Waals surface area (Å²) in [5, 5.41) is 10.3. The average Bonchev–Trinajstić information content (AvgIpc) is 3.15. The second-order valence-electron chi connectivity index (χ2n) is 8.76. The van der Waals surface area contributed by atoms with Gasteiger partial charge in [-0.25, -0.2) is 0 Å². The number of amides is 1. The summed E-state index contributed by atoms with van der Waals surface area (Å²) in [4.78, 5) is 33.6. The van der Waals surface area contributed by atoms with Crippen LogP contribution in [0.25, 0.3) is 17.0 Å². The summed E-state index contributed by atoms with van der Waals surface area (Å²) in [5.41, 5.74) is 2.18. The molecule has 1 amide bonds. The molecule has 0 atom stereocenters. The fraction of sp³-hybridized carbons (Fsp3) is 0.500. The Bertz CT molecular complexity index is 1200. The summed E-state index contributed by atoms with van der Waals surface area (Å²) >= 11 is 6.77. The number of nitrogens with zero attached hydrogens (tertiary/aromatic N) is 4. The number of aliphatic hydroxyl groups is 1. The van der Waals surface area contributed by atoms with E-state index < -0.39 is 0 Å². The van der Waals surface area contributed by atoms with Crippen molar-refractivity contribution in [2.24, 2.45) is 0 Å². The second kappa shape index (κ2) is 12.3. The number of benzene rings is 1. The van der Waals surface area contributed by atoms with Crippen LogP contribution in [0, 0.1) is 0 Å². The monoisotopic (exact) mass is 530 g/mol. The Balaban J connectivity index is 1.75. The van der Waals surface area contributed by atoms with Gasteiger partial charge < -0.3 is 19.3 Å². The Morgan fingerprint density at radius 2 is 1.86 bits per heavy atom. The van der Waals surface area contributed by atoms with Crippen LogP contribution in [0.4, 0.5) is 5.69 Å². The zero-order valence-corrected chi connectivity index (χ0v) is 22.6. The molecule has 3 heterocycles. The van der Waals surface area contributed by atoms with E-state index in [2.05, 4.69) is 9.80 Å². The van der Waals surface area contributed by atoms with Crippen molar-refractivity contribution in [2.45, 2.75) is 26.8 Å². The number of fused-ring (bicyclic) bond motifs is 1. The highest BCUT2D eigenvalue weighted by molar-refractivity contribution is 8.26. The summed E-state index contributed by atoms with van der Waals surface area (Å²) in [5.74, 6) is -0.157. The van der Waals surface area contributed by atoms with Gasteiger partial charge in [0, 0.05) is 64.4 Å². The number of pyridine rings is 1. The number of para-hydroxylation sites is 1.